The van der Waals surface area contributed by atoms with Gasteiger partial charge in [0.15, 0.2) is 5.76 Å². The Balaban J connectivity index is 1.29. The van der Waals surface area contributed by atoms with Crippen molar-refractivity contribution in [1.82, 2.24) is 9.88 Å². The summed E-state index contributed by atoms with van der Waals surface area (Å²) in [5.41, 5.74) is 1.86. The molecule has 2 aromatic rings. The molecule has 1 unspecified atom stereocenters. The van der Waals surface area contributed by atoms with Crippen LogP contribution in [0, 0.1) is 6.92 Å². The van der Waals surface area contributed by atoms with Crippen molar-refractivity contribution in [1.29, 1.82) is 0 Å². The van der Waals surface area contributed by atoms with Crippen LogP contribution in [-0.4, -0.2) is 45.5 Å². The zero-order valence-corrected chi connectivity index (χ0v) is 14.4. The molecule has 0 bridgehead atoms. The van der Waals surface area contributed by atoms with Crippen molar-refractivity contribution in [3.05, 3.63) is 53.7 Å². The first-order chi connectivity index (χ1) is 11.7. The van der Waals surface area contributed by atoms with Gasteiger partial charge in [-0.25, -0.2) is 0 Å². The van der Waals surface area contributed by atoms with Crippen molar-refractivity contribution in [3.8, 4) is 0 Å². The number of thioether (sulfide) groups is 1. The number of carbonyl (C=O) groups excluding carboxylic acids is 1. The summed E-state index contributed by atoms with van der Waals surface area (Å²) in [6.45, 7) is 4.01. The molecule has 0 aromatic carbocycles. The van der Waals surface area contributed by atoms with E-state index in [1.165, 1.54) is 0 Å². The number of aryl methyl sites for hydroxylation is 1. The van der Waals surface area contributed by atoms with E-state index in [1.54, 1.807) is 12.5 Å². The molecule has 2 aliphatic heterocycles. The lowest BCUT2D eigenvalue weighted by molar-refractivity contribution is 0.0233. The molecule has 0 saturated carbocycles. The van der Waals surface area contributed by atoms with Crippen LogP contribution in [0.15, 0.2) is 41.1 Å². The van der Waals surface area contributed by atoms with Gasteiger partial charge >= 0.3 is 0 Å². The summed E-state index contributed by atoms with van der Waals surface area (Å²) in [5, 5.41) is 0. The number of rotatable bonds is 4. The van der Waals surface area contributed by atoms with Crippen LogP contribution in [0.1, 0.15) is 28.2 Å². The SMILES string of the molecule is Cc1ccoc1C(=O)N1CC2(CC(OCc3ccccn3)CS2)C1. The van der Waals surface area contributed by atoms with E-state index in [-0.39, 0.29) is 16.8 Å². The number of furan rings is 1. The Morgan fingerprint density at radius 3 is 3.04 bits per heavy atom. The average molecular weight is 344 g/mol. The number of ether oxygens (including phenoxy) is 1. The minimum atomic E-state index is 0.00146. The zero-order chi connectivity index (χ0) is 16.6. The maximum absolute atomic E-state index is 12.4. The predicted molar refractivity (Wildman–Crippen MR) is 92.0 cm³/mol. The molecule has 1 amide bonds. The molecule has 5 nitrogen and oxygen atoms in total. The highest BCUT2D eigenvalue weighted by molar-refractivity contribution is 8.01. The first-order valence-electron chi connectivity index (χ1n) is 8.14. The second-order valence-corrected chi connectivity index (χ2v) is 8.03. The van der Waals surface area contributed by atoms with Gasteiger partial charge in [0.1, 0.15) is 0 Å². The summed E-state index contributed by atoms with van der Waals surface area (Å²) >= 11 is 1.93. The summed E-state index contributed by atoms with van der Waals surface area (Å²) in [6.07, 6.45) is 4.59. The fraction of sp³-hybridized carbons (Fsp3) is 0.444. The van der Waals surface area contributed by atoms with E-state index < -0.39 is 0 Å². The minimum absolute atomic E-state index is 0.00146. The third-order valence-electron chi connectivity index (χ3n) is 4.67. The Bertz CT molecular complexity index is 725. The summed E-state index contributed by atoms with van der Waals surface area (Å²) in [7, 11) is 0. The molecular formula is C18H20N2O3S. The van der Waals surface area contributed by atoms with Crippen LogP contribution in [0.4, 0.5) is 0 Å². The Kier molecular flexibility index (Phi) is 4.10. The number of hydrogen-bond acceptors (Lipinski definition) is 5. The fourth-order valence-corrected chi connectivity index (χ4v) is 4.90. The van der Waals surface area contributed by atoms with E-state index in [2.05, 4.69) is 4.98 Å². The first-order valence-corrected chi connectivity index (χ1v) is 9.13. The summed E-state index contributed by atoms with van der Waals surface area (Å²) in [4.78, 5) is 18.6. The van der Waals surface area contributed by atoms with Crippen molar-refractivity contribution in [2.24, 2.45) is 0 Å². The largest absolute Gasteiger partial charge is 0.459 e. The predicted octanol–water partition coefficient (Wildman–Crippen LogP) is 2.90. The lowest BCUT2D eigenvalue weighted by Crippen LogP contribution is -2.60. The number of nitrogens with zero attached hydrogens (tertiary/aromatic N) is 2. The van der Waals surface area contributed by atoms with Gasteiger partial charge in [-0.05, 0) is 31.5 Å². The maximum Gasteiger partial charge on any atom is 0.289 e. The van der Waals surface area contributed by atoms with E-state index >= 15 is 0 Å². The molecule has 0 radical (unpaired) electrons. The third-order valence-corrected chi connectivity index (χ3v) is 6.25. The van der Waals surface area contributed by atoms with Gasteiger partial charge in [0, 0.05) is 30.6 Å². The number of likely N-dealkylation sites (tertiary alicyclic amines) is 1. The second-order valence-electron chi connectivity index (χ2n) is 6.55. The van der Waals surface area contributed by atoms with E-state index in [1.807, 2.05) is 47.9 Å². The van der Waals surface area contributed by atoms with Gasteiger partial charge in [-0.15, -0.1) is 11.8 Å². The smallest absolute Gasteiger partial charge is 0.289 e. The van der Waals surface area contributed by atoms with Crippen LogP contribution in [0.3, 0.4) is 0 Å². The van der Waals surface area contributed by atoms with Crippen LogP contribution in [0.5, 0.6) is 0 Å². The van der Waals surface area contributed by atoms with Gasteiger partial charge in [-0.1, -0.05) is 6.07 Å². The van der Waals surface area contributed by atoms with Crippen molar-refractivity contribution < 1.29 is 13.9 Å². The Morgan fingerprint density at radius 1 is 1.46 bits per heavy atom. The van der Waals surface area contributed by atoms with Crippen LogP contribution < -0.4 is 0 Å². The Hall–Kier alpha value is -1.79. The molecule has 2 fully saturated rings. The molecule has 6 heteroatoms. The van der Waals surface area contributed by atoms with Gasteiger partial charge in [0.05, 0.1) is 29.4 Å². The summed E-state index contributed by atoms with van der Waals surface area (Å²) < 4.78 is 11.5. The number of carbonyl (C=O) groups is 1. The molecule has 24 heavy (non-hydrogen) atoms. The van der Waals surface area contributed by atoms with Crippen molar-refractivity contribution in [2.75, 3.05) is 18.8 Å². The number of aromatic nitrogens is 1. The lowest BCUT2D eigenvalue weighted by Gasteiger charge is -2.47. The van der Waals surface area contributed by atoms with E-state index in [0.717, 1.165) is 36.5 Å². The van der Waals surface area contributed by atoms with Crippen LogP contribution in [0.2, 0.25) is 0 Å². The van der Waals surface area contributed by atoms with Crippen molar-refractivity contribution in [2.45, 2.75) is 30.8 Å². The molecule has 2 aromatic heterocycles. The Labute approximate surface area is 145 Å². The van der Waals surface area contributed by atoms with Gasteiger partial charge in [0.2, 0.25) is 0 Å². The van der Waals surface area contributed by atoms with Crippen LogP contribution in [0.25, 0.3) is 0 Å². The molecule has 2 aliphatic rings. The van der Waals surface area contributed by atoms with Crippen LogP contribution in [-0.2, 0) is 11.3 Å². The molecule has 126 valence electrons. The van der Waals surface area contributed by atoms with Crippen LogP contribution >= 0.6 is 11.8 Å². The second kappa shape index (κ2) is 6.26. The van der Waals surface area contributed by atoms with Gasteiger partial charge < -0.3 is 14.1 Å². The number of hydrogen-bond donors (Lipinski definition) is 0. The van der Waals surface area contributed by atoms with Crippen molar-refractivity contribution >= 4 is 17.7 Å². The molecule has 1 atom stereocenters. The fourth-order valence-electron chi connectivity index (χ4n) is 3.35. The lowest BCUT2D eigenvalue weighted by atomic mass is 9.92. The molecule has 4 rings (SSSR count). The topological polar surface area (TPSA) is 55.6 Å². The number of amides is 1. The minimum Gasteiger partial charge on any atom is -0.459 e. The Morgan fingerprint density at radius 2 is 2.33 bits per heavy atom. The maximum atomic E-state index is 12.4. The van der Waals surface area contributed by atoms with Gasteiger partial charge in [0.25, 0.3) is 5.91 Å². The molecular weight excluding hydrogens is 324 g/mol. The average Bonchev–Trinajstić information content (AvgIpc) is 3.18. The van der Waals surface area contributed by atoms with Gasteiger partial charge in [-0.2, -0.15) is 0 Å². The van der Waals surface area contributed by atoms with E-state index in [9.17, 15) is 4.79 Å². The highest BCUT2D eigenvalue weighted by atomic mass is 32.2. The third kappa shape index (κ3) is 2.96. The molecule has 0 N–H and O–H groups in total. The molecule has 0 aliphatic carbocycles. The zero-order valence-electron chi connectivity index (χ0n) is 13.6. The standard InChI is InChI=1S/C18H20N2O3S/c1-13-5-7-22-16(13)17(21)20-11-18(12-20)8-15(10-24-18)23-9-14-4-2-3-6-19-14/h2-7,15H,8-12H2,1H3. The molecule has 2 saturated heterocycles. The monoisotopic (exact) mass is 344 g/mol. The quantitative estimate of drug-likeness (QED) is 0.854. The normalized spacial score (nSPS) is 21.9. The van der Waals surface area contributed by atoms with E-state index in [4.69, 9.17) is 9.15 Å². The van der Waals surface area contributed by atoms with E-state index in [0.29, 0.717) is 12.4 Å². The highest BCUT2D eigenvalue weighted by Crippen LogP contribution is 2.46. The summed E-state index contributed by atoms with van der Waals surface area (Å²) in [6, 6.07) is 7.69. The summed E-state index contributed by atoms with van der Waals surface area (Å²) in [5.74, 6) is 1.45. The molecule has 1 spiro atoms. The number of pyridine rings is 1. The highest BCUT2D eigenvalue weighted by Gasteiger charge is 2.51. The van der Waals surface area contributed by atoms with Crippen molar-refractivity contribution in [3.63, 3.8) is 0 Å². The first kappa shape index (κ1) is 15.7. The molecule has 4 heterocycles. The van der Waals surface area contributed by atoms with Gasteiger partial charge in [-0.3, -0.25) is 9.78 Å².